The van der Waals surface area contributed by atoms with E-state index in [1.54, 1.807) is 18.2 Å². The maximum Gasteiger partial charge on any atom is 0.216 e. The first-order chi connectivity index (χ1) is 7.59. The first kappa shape index (κ1) is 12.2. The Morgan fingerprint density at radius 1 is 1.56 bits per heavy atom. The van der Waals surface area contributed by atoms with Crippen LogP contribution >= 0.6 is 0 Å². The molecule has 1 aromatic carbocycles. The number of amides is 1. The summed E-state index contributed by atoms with van der Waals surface area (Å²) in [5.41, 5.74) is 6.53. The number of benzene rings is 1. The van der Waals surface area contributed by atoms with Crippen LogP contribution in [0.3, 0.4) is 0 Å². The van der Waals surface area contributed by atoms with Gasteiger partial charge in [0.15, 0.2) is 0 Å². The number of hydrogen-bond acceptors (Lipinski definition) is 2. The van der Waals surface area contributed by atoms with Crippen molar-refractivity contribution in [3.63, 3.8) is 0 Å². The molecule has 1 rings (SSSR count). The molecule has 0 aliphatic heterocycles. The number of anilines is 1. The van der Waals surface area contributed by atoms with E-state index in [1.165, 1.54) is 19.1 Å². The molecule has 0 spiro atoms. The van der Waals surface area contributed by atoms with Gasteiger partial charge in [-0.3, -0.25) is 4.79 Å². The Kier molecular flexibility index (Phi) is 4.51. The largest absolute Gasteiger partial charge is 0.399 e. The van der Waals surface area contributed by atoms with Crippen LogP contribution in [-0.2, 0) is 4.79 Å². The van der Waals surface area contributed by atoms with Crippen LogP contribution in [0.25, 0.3) is 6.08 Å². The molecule has 0 saturated carbocycles. The molecule has 1 aromatic rings. The second kappa shape index (κ2) is 5.90. The van der Waals surface area contributed by atoms with E-state index < -0.39 is 0 Å². The summed E-state index contributed by atoms with van der Waals surface area (Å²) in [5, 5.41) is 2.65. The van der Waals surface area contributed by atoms with E-state index in [4.69, 9.17) is 5.73 Å². The third kappa shape index (κ3) is 4.13. The van der Waals surface area contributed by atoms with Gasteiger partial charge in [-0.1, -0.05) is 12.2 Å². The van der Waals surface area contributed by atoms with Crippen LogP contribution < -0.4 is 11.1 Å². The Labute approximate surface area is 94.1 Å². The van der Waals surface area contributed by atoms with Crippen molar-refractivity contribution in [2.45, 2.75) is 13.3 Å². The number of halogens is 1. The zero-order chi connectivity index (χ0) is 12.0. The monoisotopic (exact) mass is 222 g/mol. The number of nitrogens with two attached hydrogens (primary N) is 1. The fraction of sp³-hybridized carbons (Fsp3) is 0.250. The second-order valence-corrected chi connectivity index (χ2v) is 3.45. The summed E-state index contributed by atoms with van der Waals surface area (Å²) in [7, 11) is 0. The van der Waals surface area contributed by atoms with Crippen LogP contribution in [0.15, 0.2) is 24.3 Å². The van der Waals surface area contributed by atoms with Gasteiger partial charge in [-0.05, 0) is 24.6 Å². The molecule has 0 unspecified atom stereocenters. The van der Waals surface area contributed by atoms with Gasteiger partial charge in [-0.25, -0.2) is 4.39 Å². The van der Waals surface area contributed by atoms with Crippen molar-refractivity contribution in [1.82, 2.24) is 5.32 Å². The number of carbonyl (C=O) groups is 1. The van der Waals surface area contributed by atoms with E-state index in [1.807, 2.05) is 0 Å². The maximum atomic E-state index is 13.2. The summed E-state index contributed by atoms with van der Waals surface area (Å²) in [6.45, 7) is 2.01. The summed E-state index contributed by atoms with van der Waals surface area (Å²) in [4.78, 5) is 10.6. The molecule has 0 aliphatic rings. The van der Waals surface area contributed by atoms with Crippen molar-refractivity contribution >= 4 is 17.7 Å². The topological polar surface area (TPSA) is 55.1 Å². The molecule has 3 N–H and O–H groups in total. The molecular formula is C12H15FN2O. The summed E-state index contributed by atoms with van der Waals surface area (Å²) in [5.74, 6) is -0.367. The highest BCUT2D eigenvalue weighted by Gasteiger charge is 1.97. The molecule has 0 heterocycles. The summed E-state index contributed by atoms with van der Waals surface area (Å²) >= 11 is 0. The van der Waals surface area contributed by atoms with E-state index in [2.05, 4.69) is 5.32 Å². The summed E-state index contributed by atoms with van der Waals surface area (Å²) in [6.07, 6.45) is 4.12. The summed E-state index contributed by atoms with van der Waals surface area (Å²) < 4.78 is 13.2. The normalized spacial score (nSPS) is 10.6. The molecular weight excluding hydrogens is 207 g/mol. The highest BCUT2D eigenvalue weighted by Crippen LogP contribution is 2.13. The molecule has 16 heavy (non-hydrogen) atoms. The molecule has 0 atom stereocenters. The van der Waals surface area contributed by atoms with Gasteiger partial charge in [0.1, 0.15) is 5.82 Å². The van der Waals surface area contributed by atoms with Crippen molar-refractivity contribution in [2.75, 3.05) is 12.3 Å². The predicted molar refractivity (Wildman–Crippen MR) is 63.1 cm³/mol. The number of nitrogen functional groups attached to an aromatic ring is 1. The van der Waals surface area contributed by atoms with Gasteiger partial charge in [0.2, 0.25) is 5.91 Å². The van der Waals surface area contributed by atoms with Crippen molar-refractivity contribution < 1.29 is 9.18 Å². The van der Waals surface area contributed by atoms with Crippen LogP contribution in [0.1, 0.15) is 18.9 Å². The van der Waals surface area contributed by atoms with Crippen LogP contribution in [0.4, 0.5) is 10.1 Å². The van der Waals surface area contributed by atoms with E-state index >= 15 is 0 Å². The lowest BCUT2D eigenvalue weighted by Gasteiger charge is -1.99. The van der Waals surface area contributed by atoms with Gasteiger partial charge in [-0.15, -0.1) is 0 Å². The molecule has 0 bridgehead atoms. The van der Waals surface area contributed by atoms with Gasteiger partial charge in [0.25, 0.3) is 0 Å². The maximum absolute atomic E-state index is 13.2. The Bertz CT molecular complexity index is 402. The highest BCUT2D eigenvalue weighted by atomic mass is 19.1. The summed E-state index contributed by atoms with van der Waals surface area (Å²) in [6, 6.07) is 4.43. The van der Waals surface area contributed by atoms with Crippen LogP contribution in [0.2, 0.25) is 0 Å². The lowest BCUT2D eigenvalue weighted by Crippen LogP contribution is -2.20. The number of carbonyl (C=O) groups excluding carboxylic acids is 1. The first-order valence-corrected chi connectivity index (χ1v) is 5.05. The van der Waals surface area contributed by atoms with Gasteiger partial charge >= 0.3 is 0 Å². The Hall–Kier alpha value is -1.84. The Morgan fingerprint density at radius 2 is 2.31 bits per heavy atom. The van der Waals surface area contributed by atoms with Gasteiger partial charge in [0.05, 0.1) is 0 Å². The van der Waals surface area contributed by atoms with Gasteiger partial charge in [0, 0.05) is 24.7 Å². The minimum absolute atomic E-state index is 0.0662. The smallest absolute Gasteiger partial charge is 0.216 e. The lowest BCUT2D eigenvalue weighted by atomic mass is 10.1. The molecule has 0 aromatic heterocycles. The Balaban J connectivity index is 2.49. The molecule has 0 saturated heterocycles. The van der Waals surface area contributed by atoms with Crippen molar-refractivity contribution in [2.24, 2.45) is 0 Å². The zero-order valence-electron chi connectivity index (χ0n) is 9.16. The third-order valence-electron chi connectivity index (χ3n) is 2.00. The van der Waals surface area contributed by atoms with Crippen molar-refractivity contribution in [1.29, 1.82) is 0 Å². The quantitative estimate of drug-likeness (QED) is 0.604. The van der Waals surface area contributed by atoms with Gasteiger partial charge < -0.3 is 11.1 Å². The number of hydrogen-bond donors (Lipinski definition) is 2. The fourth-order valence-electron chi connectivity index (χ4n) is 1.23. The standard InChI is InChI=1S/C12H15FN2O/c1-9(16)15-7-3-2-4-10-8-11(14)5-6-12(10)13/h2,4-6,8H,3,7,14H2,1H3,(H,15,16). The highest BCUT2D eigenvalue weighted by molar-refractivity contribution is 5.72. The lowest BCUT2D eigenvalue weighted by molar-refractivity contribution is -0.118. The van der Waals surface area contributed by atoms with Crippen molar-refractivity contribution in [3.8, 4) is 0 Å². The molecule has 4 heteroatoms. The first-order valence-electron chi connectivity index (χ1n) is 5.05. The molecule has 3 nitrogen and oxygen atoms in total. The van der Waals surface area contributed by atoms with E-state index in [0.717, 1.165) is 0 Å². The number of nitrogens with one attached hydrogen (secondary N) is 1. The van der Waals surface area contributed by atoms with Crippen LogP contribution in [0.5, 0.6) is 0 Å². The third-order valence-corrected chi connectivity index (χ3v) is 2.00. The Morgan fingerprint density at radius 3 is 3.00 bits per heavy atom. The van der Waals surface area contributed by atoms with Crippen LogP contribution in [-0.4, -0.2) is 12.5 Å². The minimum atomic E-state index is -0.301. The van der Waals surface area contributed by atoms with Crippen LogP contribution in [0, 0.1) is 5.82 Å². The average Bonchev–Trinajstić information content (AvgIpc) is 2.22. The molecule has 0 radical (unpaired) electrons. The zero-order valence-corrected chi connectivity index (χ0v) is 9.16. The molecule has 86 valence electrons. The number of rotatable bonds is 4. The SMILES string of the molecule is CC(=O)NCCC=Cc1cc(N)ccc1F. The molecule has 0 aliphatic carbocycles. The molecule has 0 fully saturated rings. The fourth-order valence-corrected chi connectivity index (χ4v) is 1.23. The van der Waals surface area contributed by atoms with E-state index in [0.29, 0.717) is 24.2 Å². The predicted octanol–water partition coefficient (Wildman–Crippen LogP) is 1.95. The minimum Gasteiger partial charge on any atom is -0.399 e. The van der Waals surface area contributed by atoms with Gasteiger partial charge in [-0.2, -0.15) is 0 Å². The van der Waals surface area contributed by atoms with E-state index in [-0.39, 0.29) is 11.7 Å². The molecule has 1 amide bonds. The van der Waals surface area contributed by atoms with Crippen molar-refractivity contribution in [3.05, 3.63) is 35.7 Å². The van der Waals surface area contributed by atoms with E-state index in [9.17, 15) is 9.18 Å². The average molecular weight is 222 g/mol. The second-order valence-electron chi connectivity index (χ2n) is 3.45.